The highest BCUT2D eigenvalue weighted by atomic mass is 16.2. The van der Waals surface area contributed by atoms with Crippen LogP contribution in [0.4, 0.5) is 0 Å². The van der Waals surface area contributed by atoms with Crippen molar-refractivity contribution in [2.24, 2.45) is 0 Å². The first kappa shape index (κ1) is 12.2. The van der Waals surface area contributed by atoms with E-state index in [4.69, 9.17) is 0 Å². The molecule has 0 atom stereocenters. The molecule has 0 rings (SSSR count). The maximum Gasteiger partial charge on any atom is 0.239 e. The zero-order valence-electron chi connectivity index (χ0n) is 8.98. The molecule has 0 radical (unpaired) electrons. The summed E-state index contributed by atoms with van der Waals surface area (Å²) in [5, 5.41) is 5.81. The Kier molecular flexibility index (Phi) is 5.39. The van der Waals surface area contributed by atoms with E-state index in [0.29, 0.717) is 6.54 Å². The summed E-state index contributed by atoms with van der Waals surface area (Å²) in [4.78, 5) is 11.5. The number of nitrogens with one attached hydrogen (secondary N) is 2. The number of hydrogen-bond acceptors (Lipinski definition) is 2. The minimum atomic E-state index is -0.476. The molecule has 0 saturated carbocycles. The molecule has 0 aromatic rings. The molecule has 0 aliphatic carbocycles. The second-order valence-corrected chi connectivity index (χ2v) is 3.49. The SMILES string of the molecule is C/C=C/CCNC(=O)C(C)(C)NC. The van der Waals surface area contributed by atoms with E-state index in [0.717, 1.165) is 6.42 Å². The highest BCUT2D eigenvalue weighted by molar-refractivity contribution is 5.85. The molecule has 0 saturated heterocycles. The summed E-state index contributed by atoms with van der Waals surface area (Å²) in [5.74, 6) is 0.0412. The molecule has 2 N–H and O–H groups in total. The summed E-state index contributed by atoms with van der Waals surface area (Å²) in [5.41, 5.74) is -0.476. The second kappa shape index (κ2) is 5.75. The molecule has 13 heavy (non-hydrogen) atoms. The Bertz CT molecular complexity index is 185. The largest absolute Gasteiger partial charge is 0.354 e. The van der Waals surface area contributed by atoms with Gasteiger partial charge < -0.3 is 10.6 Å². The van der Waals surface area contributed by atoms with E-state index in [9.17, 15) is 4.79 Å². The van der Waals surface area contributed by atoms with Crippen LogP contribution in [0.1, 0.15) is 27.2 Å². The molecule has 0 aliphatic heterocycles. The van der Waals surface area contributed by atoms with Crippen LogP contribution in [0.15, 0.2) is 12.2 Å². The van der Waals surface area contributed by atoms with Gasteiger partial charge in [0.2, 0.25) is 5.91 Å². The zero-order chi connectivity index (χ0) is 10.3. The van der Waals surface area contributed by atoms with Gasteiger partial charge in [0.25, 0.3) is 0 Å². The molecule has 3 nitrogen and oxygen atoms in total. The molecule has 0 fully saturated rings. The van der Waals surface area contributed by atoms with E-state index < -0.39 is 5.54 Å². The number of rotatable bonds is 5. The fourth-order valence-electron chi connectivity index (χ4n) is 0.770. The van der Waals surface area contributed by atoms with Crippen LogP contribution in [0.5, 0.6) is 0 Å². The Morgan fingerprint density at radius 1 is 1.46 bits per heavy atom. The van der Waals surface area contributed by atoms with Crippen LogP contribution in [0.25, 0.3) is 0 Å². The minimum absolute atomic E-state index is 0.0412. The first-order valence-corrected chi connectivity index (χ1v) is 4.63. The summed E-state index contributed by atoms with van der Waals surface area (Å²) >= 11 is 0. The Labute approximate surface area is 80.6 Å². The molecule has 0 heterocycles. The molecule has 0 aromatic heterocycles. The van der Waals surface area contributed by atoms with Crippen molar-refractivity contribution in [1.29, 1.82) is 0 Å². The van der Waals surface area contributed by atoms with Gasteiger partial charge in [-0.25, -0.2) is 0 Å². The average Bonchev–Trinajstić information content (AvgIpc) is 2.12. The van der Waals surface area contributed by atoms with Crippen molar-refractivity contribution in [2.45, 2.75) is 32.7 Å². The number of allylic oxidation sites excluding steroid dienone is 1. The van der Waals surface area contributed by atoms with E-state index in [1.165, 1.54) is 0 Å². The first-order valence-electron chi connectivity index (χ1n) is 4.63. The van der Waals surface area contributed by atoms with Gasteiger partial charge in [0.15, 0.2) is 0 Å². The summed E-state index contributed by atoms with van der Waals surface area (Å²) in [6.45, 7) is 6.39. The van der Waals surface area contributed by atoms with Crippen LogP contribution in [0.3, 0.4) is 0 Å². The molecule has 0 aliphatic rings. The third-order valence-electron chi connectivity index (χ3n) is 2.02. The molecule has 1 amide bonds. The Hall–Kier alpha value is -0.830. The van der Waals surface area contributed by atoms with E-state index >= 15 is 0 Å². The Morgan fingerprint density at radius 3 is 2.54 bits per heavy atom. The number of carbonyl (C=O) groups is 1. The van der Waals surface area contributed by atoms with Crippen LogP contribution in [0, 0.1) is 0 Å². The highest BCUT2D eigenvalue weighted by Crippen LogP contribution is 1.99. The predicted molar refractivity (Wildman–Crippen MR) is 55.6 cm³/mol. The normalized spacial score (nSPS) is 12.0. The summed E-state index contributed by atoms with van der Waals surface area (Å²) in [6, 6.07) is 0. The third kappa shape index (κ3) is 4.68. The molecular formula is C10H20N2O. The van der Waals surface area contributed by atoms with Gasteiger partial charge in [-0.2, -0.15) is 0 Å². The molecule has 0 bridgehead atoms. The van der Waals surface area contributed by atoms with Gasteiger partial charge in [-0.15, -0.1) is 0 Å². The lowest BCUT2D eigenvalue weighted by atomic mass is 10.1. The van der Waals surface area contributed by atoms with Crippen molar-refractivity contribution in [2.75, 3.05) is 13.6 Å². The van der Waals surface area contributed by atoms with Crippen molar-refractivity contribution >= 4 is 5.91 Å². The predicted octanol–water partition coefficient (Wildman–Crippen LogP) is 1.07. The number of carbonyl (C=O) groups excluding carboxylic acids is 1. The van der Waals surface area contributed by atoms with Gasteiger partial charge in [-0.3, -0.25) is 4.79 Å². The maximum absolute atomic E-state index is 11.5. The van der Waals surface area contributed by atoms with Crippen LogP contribution < -0.4 is 10.6 Å². The van der Waals surface area contributed by atoms with E-state index in [2.05, 4.69) is 10.6 Å². The Balaban J connectivity index is 3.74. The van der Waals surface area contributed by atoms with E-state index in [1.54, 1.807) is 7.05 Å². The summed E-state index contributed by atoms with van der Waals surface area (Å²) < 4.78 is 0. The first-order chi connectivity index (χ1) is 6.04. The van der Waals surface area contributed by atoms with Crippen LogP contribution in [-0.4, -0.2) is 25.0 Å². The number of amides is 1. The van der Waals surface area contributed by atoms with Gasteiger partial charge >= 0.3 is 0 Å². The molecular weight excluding hydrogens is 164 g/mol. The zero-order valence-corrected chi connectivity index (χ0v) is 8.98. The average molecular weight is 184 g/mol. The van der Waals surface area contributed by atoms with Crippen molar-refractivity contribution < 1.29 is 4.79 Å². The van der Waals surface area contributed by atoms with Gasteiger partial charge in [0.1, 0.15) is 0 Å². The molecule has 0 aromatic carbocycles. The van der Waals surface area contributed by atoms with Crippen molar-refractivity contribution in [1.82, 2.24) is 10.6 Å². The molecule has 0 spiro atoms. The summed E-state index contributed by atoms with van der Waals surface area (Å²) in [6.07, 6.45) is 4.91. The van der Waals surface area contributed by atoms with E-state index in [-0.39, 0.29) is 5.91 Å². The van der Waals surface area contributed by atoms with Gasteiger partial charge in [0, 0.05) is 6.54 Å². The second-order valence-electron chi connectivity index (χ2n) is 3.49. The van der Waals surface area contributed by atoms with Gasteiger partial charge in [-0.1, -0.05) is 12.2 Å². The van der Waals surface area contributed by atoms with Crippen molar-refractivity contribution in [3.63, 3.8) is 0 Å². The van der Waals surface area contributed by atoms with E-state index in [1.807, 2.05) is 32.9 Å². The van der Waals surface area contributed by atoms with Crippen LogP contribution in [0.2, 0.25) is 0 Å². The standard InChI is InChI=1S/C10H20N2O/c1-5-6-7-8-12-9(13)10(2,3)11-4/h5-6,11H,7-8H2,1-4H3,(H,12,13)/b6-5+. The van der Waals surface area contributed by atoms with Crippen LogP contribution >= 0.6 is 0 Å². The number of likely N-dealkylation sites (N-methyl/N-ethyl adjacent to an activating group) is 1. The summed E-state index contributed by atoms with van der Waals surface area (Å²) in [7, 11) is 1.78. The monoisotopic (exact) mass is 184 g/mol. The highest BCUT2D eigenvalue weighted by Gasteiger charge is 2.23. The van der Waals surface area contributed by atoms with Crippen molar-refractivity contribution in [3.05, 3.63) is 12.2 Å². The maximum atomic E-state index is 11.5. The van der Waals surface area contributed by atoms with Crippen molar-refractivity contribution in [3.8, 4) is 0 Å². The third-order valence-corrected chi connectivity index (χ3v) is 2.02. The van der Waals surface area contributed by atoms with Crippen LogP contribution in [-0.2, 0) is 4.79 Å². The molecule has 76 valence electrons. The smallest absolute Gasteiger partial charge is 0.239 e. The van der Waals surface area contributed by atoms with Gasteiger partial charge in [-0.05, 0) is 34.2 Å². The lowest BCUT2D eigenvalue weighted by molar-refractivity contribution is -0.126. The molecule has 0 unspecified atom stereocenters. The van der Waals surface area contributed by atoms with Gasteiger partial charge in [0.05, 0.1) is 5.54 Å². The molecule has 3 heteroatoms. The fraction of sp³-hybridized carbons (Fsp3) is 0.700. The quantitative estimate of drug-likeness (QED) is 0.495. The minimum Gasteiger partial charge on any atom is -0.354 e. The lowest BCUT2D eigenvalue weighted by Gasteiger charge is -2.22. The topological polar surface area (TPSA) is 41.1 Å². The Morgan fingerprint density at radius 2 is 2.08 bits per heavy atom. The lowest BCUT2D eigenvalue weighted by Crippen LogP contribution is -2.51. The number of hydrogen-bond donors (Lipinski definition) is 2. The fourth-order valence-corrected chi connectivity index (χ4v) is 0.770.